The Morgan fingerprint density at radius 1 is 1.35 bits per heavy atom. The van der Waals surface area contributed by atoms with Crippen LogP contribution in [-0.4, -0.2) is 14.8 Å². The molecule has 0 aliphatic carbocycles. The third-order valence-corrected chi connectivity index (χ3v) is 3.09. The van der Waals surface area contributed by atoms with Crippen molar-refractivity contribution in [2.45, 2.75) is 25.7 Å². The molecule has 108 valence electrons. The van der Waals surface area contributed by atoms with Crippen molar-refractivity contribution < 1.29 is 13.2 Å². The minimum Gasteiger partial charge on any atom is -0.320 e. The average Bonchev–Trinajstić information content (AvgIpc) is 2.81. The molecule has 2 rings (SSSR count). The Morgan fingerprint density at radius 3 is 2.70 bits per heavy atom. The molecule has 1 unspecified atom stereocenters. The van der Waals surface area contributed by atoms with Crippen LogP contribution in [0.15, 0.2) is 30.6 Å². The number of rotatable bonds is 4. The normalized spacial score (nSPS) is 13.4. The van der Waals surface area contributed by atoms with Crippen molar-refractivity contribution in [1.29, 1.82) is 0 Å². The van der Waals surface area contributed by atoms with Gasteiger partial charge in [-0.1, -0.05) is 12.1 Å². The molecule has 0 aliphatic rings. The molecule has 0 aliphatic heterocycles. The molecule has 0 amide bonds. The predicted octanol–water partition coefficient (Wildman–Crippen LogP) is 2.68. The molecule has 7 heteroatoms. The van der Waals surface area contributed by atoms with Gasteiger partial charge in [0.05, 0.1) is 12.1 Å². The summed E-state index contributed by atoms with van der Waals surface area (Å²) in [5.41, 5.74) is -0.0516. The van der Waals surface area contributed by atoms with E-state index in [1.54, 1.807) is 17.0 Å². The monoisotopic (exact) mass is 284 g/mol. The summed E-state index contributed by atoms with van der Waals surface area (Å²) in [5.74, 6) is 0.726. The smallest absolute Gasteiger partial charge is 0.320 e. The van der Waals surface area contributed by atoms with Crippen molar-refractivity contribution in [2.24, 2.45) is 7.05 Å². The zero-order chi connectivity index (χ0) is 14.8. The summed E-state index contributed by atoms with van der Waals surface area (Å²) in [6.45, 7) is 2.25. The van der Waals surface area contributed by atoms with Gasteiger partial charge in [0, 0.05) is 13.1 Å². The number of hydrogen-bond donors (Lipinski definition) is 1. The molecule has 1 N–H and O–H groups in total. The first-order valence-electron chi connectivity index (χ1n) is 6.11. The highest BCUT2D eigenvalue weighted by Crippen LogP contribution is 2.30. The van der Waals surface area contributed by atoms with Gasteiger partial charge in [0.25, 0.3) is 0 Å². The highest BCUT2D eigenvalue weighted by atomic mass is 19.4. The van der Waals surface area contributed by atoms with E-state index in [4.69, 9.17) is 0 Å². The van der Waals surface area contributed by atoms with Crippen LogP contribution in [-0.2, 0) is 19.8 Å². The van der Waals surface area contributed by atoms with Crippen molar-refractivity contribution in [3.63, 3.8) is 0 Å². The van der Waals surface area contributed by atoms with E-state index in [0.29, 0.717) is 12.1 Å². The molecule has 1 heterocycles. The summed E-state index contributed by atoms with van der Waals surface area (Å²) in [6, 6.07) is 5.10. The molecule has 0 saturated carbocycles. The molecule has 0 radical (unpaired) electrons. The van der Waals surface area contributed by atoms with Crippen LogP contribution < -0.4 is 5.32 Å². The Balaban J connectivity index is 2.06. The van der Waals surface area contributed by atoms with E-state index < -0.39 is 11.7 Å². The van der Waals surface area contributed by atoms with Gasteiger partial charge in [-0.3, -0.25) is 0 Å². The second-order valence-corrected chi connectivity index (χ2v) is 4.58. The zero-order valence-corrected chi connectivity index (χ0v) is 11.1. The van der Waals surface area contributed by atoms with Gasteiger partial charge in [-0.2, -0.15) is 13.2 Å². The SMILES string of the molecule is CC(NCc1nncn1C)c1cccc(C(F)(F)F)c1. The minimum atomic E-state index is -4.32. The fourth-order valence-corrected chi connectivity index (χ4v) is 1.81. The van der Waals surface area contributed by atoms with Crippen LogP contribution in [0.25, 0.3) is 0 Å². The lowest BCUT2D eigenvalue weighted by Gasteiger charge is -2.15. The van der Waals surface area contributed by atoms with E-state index >= 15 is 0 Å². The maximum absolute atomic E-state index is 12.7. The van der Waals surface area contributed by atoms with E-state index in [1.807, 2.05) is 14.0 Å². The first-order chi connectivity index (χ1) is 9.38. The van der Waals surface area contributed by atoms with E-state index in [0.717, 1.165) is 18.0 Å². The molecule has 0 spiro atoms. The van der Waals surface area contributed by atoms with Gasteiger partial charge in [0.2, 0.25) is 0 Å². The number of aryl methyl sites for hydroxylation is 1. The molecule has 0 bridgehead atoms. The number of alkyl halides is 3. The van der Waals surface area contributed by atoms with Crippen molar-refractivity contribution in [3.8, 4) is 0 Å². The Labute approximate surface area is 114 Å². The van der Waals surface area contributed by atoms with E-state index in [2.05, 4.69) is 15.5 Å². The summed E-state index contributed by atoms with van der Waals surface area (Å²) >= 11 is 0. The number of hydrogen-bond acceptors (Lipinski definition) is 3. The van der Waals surface area contributed by atoms with Gasteiger partial charge in [0.15, 0.2) is 0 Å². The van der Waals surface area contributed by atoms with Crippen molar-refractivity contribution >= 4 is 0 Å². The van der Waals surface area contributed by atoms with E-state index in [1.165, 1.54) is 6.07 Å². The summed E-state index contributed by atoms with van der Waals surface area (Å²) in [5, 5.41) is 10.8. The number of nitrogens with one attached hydrogen (secondary N) is 1. The van der Waals surface area contributed by atoms with Gasteiger partial charge in [0.1, 0.15) is 12.2 Å². The first-order valence-corrected chi connectivity index (χ1v) is 6.11. The van der Waals surface area contributed by atoms with Gasteiger partial charge >= 0.3 is 6.18 Å². The largest absolute Gasteiger partial charge is 0.416 e. The lowest BCUT2D eigenvalue weighted by molar-refractivity contribution is -0.137. The fourth-order valence-electron chi connectivity index (χ4n) is 1.81. The van der Waals surface area contributed by atoms with Crippen LogP contribution in [0, 0.1) is 0 Å². The third-order valence-electron chi connectivity index (χ3n) is 3.09. The van der Waals surface area contributed by atoms with Crippen LogP contribution in [0.4, 0.5) is 13.2 Å². The maximum atomic E-state index is 12.7. The minimum absolute atomic E-state index is 0.214. The van der Waals surface area contributed by atoms with Crippen molar-refractivity contribution in [3.05, 3.63) is 47.5 Å². The van der Waals surface area contributed by atoms with Crippen LogP contribution in [0.1, 0.15) is 29.9 Å². The third kappa shape index (κ3) is 3.36. The lowest BCUT2D eigenvalue weighted by Crippen LogP contribution is -2.20. The number of aromatic nitrogens is 3. The average molecular weight is 284 g/mol. The van der Waals surface area contributed by atoms with Gasteiger partial charge in [-0.25, -0.2) is 0 Å². The molecule has 0 saturated heterocycles. The van der Waals surface area contributed by atoms with Crippen LogP contribution in [0.5, 0.6) is 0 Å². The zero-order valence-electron chi connectivity index (χ0n) is 11.1. The standard InChI is InChI=1S/C13H15F3N4/c1-9(17-7-12-19-18-8-20(12)2)10-4-3-5-11(6-10)13(14,15)16/h3-6,8-9,17H,7H2,1-2H3. The second-order valence-electron chi connectivity index (χ2n) is 4.58. The Kier molecular flexibility index (Phi) is 4.08. The Bertz CT molecular complexity index is 577. The maximum Gasteiger partial charge on any atom is 0.416 e. The molecule has 4 nitrogen and oxygen atoms in total. The Hall–Kier alpha value is -1.89. The molecule has 20 heavy (non-hydrogen) atoms. The summed E-state index contributed by atoms with van der Waals surface area (Å²) in [4.78, 5) is 0. The summed E-state index contributed by atoms with van der Waals surface area (Å²) in [6.07, 6.45) is -2.74. The number of nitrogens with zero attached hydrogens (tertiary/aromatic N) is 3. The van der Waals surface area contributed by atoms with Gasteiger partial charge in [-0.15, -0.1) is 10.2 Å². The lowest BCUT2D eigenvalue weighted by atomic mass is 10.0. The van der Waals surface area contributed by atoms with Crippen LogP contribution >= 0.6 is 0 Å². The van der Waals surface area contributed by atoms with Crippen LogP contribution in [0.2, 0.25) is 0 Å². The molecule has 1 aromatic heterocycles. The van der Waals surface area contributed by atoms with E-state index in [-0.39, 0.29) is 6.04 Å². The molecular weight excluding hydrogens is 269 g/mol. The highest BCUT2D eigenvalue weighted by Gasteiger charge is 2.30. The number of benzene rings is 1. The topological polar surface area (TPSA) is 42.7 Å². The highest BCUT2D eigenvalue weighted by molar-refractivity contribution is 5.27. The summed E-state index contributed by atoms with van der Waals surface area (Å²) in [7, 11) is 1.81. The fraction of sp³-hybridized carbons (Fsp3) is 0.385. The van der Waals surface area contributed by atoms with Gasteiger partial charge in [-0.05, 0) is 24.6 Å². The molecule has 2 aromatic rings. The second kappa shape index (κ2) is 5.62. The van der Waals surface area contributed by atoms with Crippen LogP contribution in [0.3, 0.4) is 0 Å². The van der Waals surface area contributed by atoms with E-state index in [9.17, 15) is 13.2 Å². The predicted molar refractivity (Wildman–Crippen MR) is 67.7 cm³/mol. The number of halogens is 3. The quantitative estimate of drug-likeness (QED) is 0.938. The molecule has 1 aromatic carbocycles. The molecular formula is C13H15F3N4. The van der Waals surface area contributed by atoms with Crippen molar-refractivity contribution in [2.75, 3.05) is 0 Å². The van der Waals surface area contributed by atoms with Gasteiger partial charge < -0.3 is 9.88 Å². The van der Waals surface area contributed by atoms with Crippen molar-refractivity contribution in [1.82, 2.24) is 20.1 Å². The summed E-state index contributed by atoms with van der Waals surface area (Å²) < 4.78 is 39.7. The first kappa shape index (κ1) is 14.5. The molecule has 0 fully saturated rings. The molecule has 1 atom stereocenters. The Morgan fingerprint density at radius 2 is 2.10 bits per heavy atom.